The van der Waals surface area contributed by atoms with E-state index in [1.165, 1.54) is 0 Å². The molecule has 0 amide bonds. The average molecular weight is 514 g/mol. The van der Waals surface area contributed by atoms with Crippen molar-refractivity contribution >= 4 is 11.8 Å². The van der Waals surface area contributed by atoms with Gasteiger partial charge in [0.25, 0.3) is 0 Å². The smallest absolute Gasteiger partial charge is 0.314 e. The Labute approximate surface area is 226 Å². The maximum absolute atomic E-state index is 12.7. The number of carbonyl (C=O) groups is 2. The molecule has 0 radical (unpaired) electrons. The third-order valence-corrected chi connectivity index (χ3v) is 7.89. The number of benzene rings is 3. The molecule has 38 heavy (non-hydrogen) atoms. The van der Waals surface area contributed by atoms with Gasteiger partial charge in [-0.3, -0.25) is 9.59 Å². The van der Waals surface area contributed by atoms with E-state index in [1.807, 2.05) is 74.5 Å². The Morgan fingerprint density at radius 2 is 1.47 bits per heavy atom. The van der Waals surface area contributed by atoms with E-state index >= 15 is 0 Å². The second-order valence-corrected chi connectivity index (χ2v) is 10.4. The highest BCUT2D eigenvalue weighted by Gasteiger charge is 2.41. The van der Waals surface area contributed by atoms with Crippen LogP contribution in [0.3, 0.4) is 0 Å². The Hall–Kier alpha value is -3.28. The topological polar surface area (TPSA) is 66.8 Å². The number of hydrogen-bond acceptors (Lipinski definition) is 5. The fourth-order valence-electron chi connectivity index (χ4n) is 5.30. The van der Waals surface area contributed by atoms with Gasteiger partial charge in [-0.25, -0.2) is 0 Å². The minimum Gasteiger partial charge on any atom is -0.426 e. The van der Waals surface area contributed by atoms with Crippen LogP contribution in [0, 0.1) is 11.8 Å². The molecule has 1 heterocycles. The van der Waals surface area contributed by atoms with Crippen LogP contribution in [0.2, 0.25) is 0 Å². The van der Waals surface area contributed by atoms with Crippen molar-refractivity contribution in [2.75, 3.05) is 19.6 Å². The molecule has 1 atom stereocenters. The van der Waals surface area contributed by atoms with Crippen molar-refractivity contribution in [2.24, 2.45) is 11.8 Å². The standard InChI is InChI=1S/C33H39NO4/c1-3-25(2)32(36)38-30-18-16-26(17-19-30)31(35)15-10-22-34-23-20-29(21-24-34)33(37,27-11-6-4-7-12-27)28-13-8-5-9-14-28/h4-9,11-14,16-19,25,29,37H,3,10,15,20-24H2,1-2H3. The van der Waals surface area contributed by atoms with Crippen LogP contribution in [0.5, 0.6) is 5.75 Å². The number of ketones is 1. The van der Waals surface area contributed by atoms with Crippen molar-refractivity contribution in [3.63, 3.8) is 0 Å². The van der Waals surface area contributed by atoms with Gasteiger partial charge in [0.05, 0.1) is 5.92 Å². The molecule has 0 bridgehead atoms. The van der Waals surface area contributed by atoms with Gasteiger partial charge in [0.1, 0.15) is 11.4 Å². The zero-order chi connectivity index (χ0) is 27.0. The van der Waals surface area contributed by atoms with Gasteiger partial charge in [-0.15, -0.1) is 0 Å². The molecule has 3 aromatic rings. The largest absolute Gasteiger partial charge is 0.426 e. The van der Waals surface area contributed by atoms with Gasteiger partial charge < -0.3 is 14.7 Å². The molecule has 0 spiro atoms. The minimum absolute atomic E-state index is 0.0993. The first-order chi connectivity index (χ1) is 18.4. The summed E-state index contributed by atoms with van der Waals surface area (Å²) in [6.07, 6.45) is 3.78. The summed E-state index contributed by atoms with van der Waals surface area (Å²) in [5.41, 5.74) is 1.51. The Bertz CT molecular complexity index is 1130. The van der Waals surface area contributed by atoms with Crippen molar-refractivity contribution in [1.82, 2.24) is 4.90 Å². The summed E-state index contributed by atoms with van der Waals surface area (Å²) in [5.74, 6) is 0.300. The van der Waals surface area contributed by atoms with E-state index in [2.05, 4.69) is 4.90 Å². The third kappa shape index (κ3) is 6.58. The van der Waals surface area contributed by atoms with E-state index in [1.54, 1.807) is 24.3 Å². The third-order valence-electron chi connectivity index (χ3n) is 7.89. The first kappa shape index (κ1) is 27.7. The molecule has 1 N–H and O–H groups in total. The SMILES string of the molecule is CCC(C)C(=O)Oc1ccc(C(=O)CCCN2CCC(C(O)(c3ccccc3)c3ccccc3)CC2)cc1. The Morgan fingerprint density at radius 1 is 0.921 bits per heavy atom. The van der Waals surface area contributed by atoms with Gasteiger partial charge in [0.2, 0.25) is 0 Å². The highest BCUT2D eigenvalue weighted by Crippen LogP contribution is 2.41. The second kappa shape index (κ2) is 13.0. The van der Waals surface area contributed by atoms with Crippen LogP contribution in [0.25, 0.3) is 0 Å². The highest BCUT2D eigenvalue weighted by molar-refractivity contribution is 5.96. The van der Waals surface area contributed by atoms with Crippen LogP contribution >= 0.6 is 0 Å². The van der Waals surface area contributed by atoms with Crippen molar-refractivity contribution in [1.29, 1.82) is 0 Å². The zero-order valence-electron chi connectivity index (χ0n) is 22.5. The molecule has 5 heteroatoms. The average Bonchev–Trinajstić information content (AvgIpc) is 2.97. The van der Waals surface area contributed by atoms with E-state index in [0.29, 0.717) is 17.7 Å². The normalized spacial score (nSPS) is 15.7. The maximum Gasteiger partial charge on any atom is 0.314 e. The summed E-state index contributed by atoms with van der Waals surface area (Å²) in [7, 11) is 0. The summed E-state index contributed by atoms with van der Waals surface area (Å²) >= 11 is 0. The maximum atomic E-state index is 12.7. The number of carbonyl (C=O) groups excluding carboxylic acids is 2. The summed E-state index contributed by atoms with van der Waals surface area (Å²) in [6.45, 7) is 6.45. The van der Waals surface area contributed by atoms with E-state index in [-0.39, 0.29) is 23.6 Å². The molecule has 1 saturated heterocycles. The lowest BCUT2D eigenvalue weighted by Gasteiger charge is -2.42. The lowest BCUT2D eigenvalue weighted by atomic mass is 9.72. The molecule has 1 unspecified atom stereocenters. The van der Waals surface area contributed by atoms with Gasteiger partial charge in [0, 0.05) is 12.0 Å². The van der Waals surface area contributed by atoms with E-state index in [9.17, 15) is 14.7 Å². The number of ether oxygens (including phenoxy) is 1. The van der Waals surface area contributed by atoms with E-state index in [0.717, 1.165) is 56.4 Å². The molecule has 1 aliphatic rings. The predicted molar refractivity (Wildman–Crippen MR) is 150 cm³/mol. The number of nitrogens with zero attached hydrogens (tertiary/aromatic N) is 1. The number of likely N-dealkylation sites (tertiary alicyclic amines) is 1. The Kier molecular flexibility index (Phi) is 9.48. The molecule has 5 nitrogen and oxygen atoms in total. The quantitative estimate of drug-likeness (QED) is 0.187. The summed E-state index contributed by atoms with van der Waals surface area (Å²) in [4.78, 5) is 27.1. The highest BCUT2D eigenvalue weighted by atomic mass is 16.5. The van der Waals surface area contributed by atoms with Crippen molar-refractivity contribution in [2.45, 2.75) is 51.6 Å². The lowest BCUT2D eigenvalue weighted by molar-refractivity contribution is -0.138. The fraction of sp³-hybridized carbons (Fsp3) is 0.394. The summed E-state index contributed by atoms with van der Waals surface area (Å²) < 4.78 is 5.38. The number of esters is 1. The number of hydrogen-bond donors (Lipinski definition) is 1. The molecular formula is C33H39NO4. The van der Waals surface area contributed by atoms with Crippen LogP contribution in [0.4, 0.5) is 0 Å². The number of rotatable bonds is 11. The van der Waals surface area contributed by atoms with Crippen molar-refractivity contribution in [3.8, 4) is 5.75 Å². The van der Waals surface area contributed by atoms with Gasteiger partial charge >= 0.3 is 5.97 Å². The van der Waals surface area contributed by atoms with E-state index < -0.39 is 5.60 Å². The summed E-state index contributed by atoms with van der Waals surface area (Å²) in [5, 5.41) is 12.1. The Morgan fingerprint density at radius 3 is 2.00 bits per heavy atom. The summed E-state index contributed by atoms with van der Waals surface area (Å²) in [6, 6.07) is 26.9. The first-order valence-corrected chi connectivity index (χ1v) is 13.8. The van der Waals surface area contributed by atoms with Crippen LogP contribution in [-0.4, -0.2) is 41.4 Å². The Balaban J connectivity index is 1.28. The fourth-order valence-corrected chi connectivity index (χ4v) is 5.30. The second-order valence-electron chi connectivity index (χ2n) is 10.4. The van der Waals surface area contributed by atoms with E-state index in [4.69, 9.17) is 4.74 Å². The molecule has 4 rings (SSSR count). The monoisotopic (exact) mass is 513 g/mol. The van der Waals surface area contributed by atoms with Crippen LogP contribution in [0.15, 0.2) is 84.9 Å². The zero-order valence-corrected chi connectivity index (χ0v) is 22.5. The van der Waals surface area contributed by atoms with Crippen LogP contribution < -0.4 is 4.74 Å². The van der Waals surface area contributed by atoms with Gasteiger partial charge in [-0.1, -0.05) is 74.5 Å². The number of aliphatic hydroxyl groups is 1. The van der Waals surface area contributed by atoms with Gasteiger partial charge in [-0.05, 0) is 86.6 Å². The van der Waals surface area contributed by atoms with Gasteiger partial charge in [0.15, 0.2) is 5.78 Å². The van der Waals surface area contributed by atoms with Gasteiger partial charge in [-0.2, -0.15) is 0 Å². The lowest BCUT2D eigenvalue weighted by Crippen LogP contribution is -2.44. The van der Waals surface area contributed by atoms with Crippen molar-refractivity contribution in [3.05, 3.63) is 102 Å². The molecular weight excluding hydrogens is 474 g/mol. The number of Topliss-reactive ketones (excluding diaryl/α,β-unsaturated/α-hetero) is 1. The molecule has 0 aliphatic carbocycles. The molecule has 1 fully saturated rings. The van der Waals surface area contributed by atoms with Crippen molar-refractivity contribution < 1.29 is 19.4 Å². The predicted octanol–water partition coefficient (Wildman–Crippen LogP) is 6.25. The molecule has 1 aliphatic heterocycles. The molecule has 0 saturated carbocycles. The molecule has 3 aromatic carbocycles. The van der Waals surface area contributed by atoms with Crippen LogP contribution in [0.1, 0.15) is 67.4 Å². The molecule has 0 aromatic heterocycles. The first-order valence-electron chi connectivity index (χ1n) is 13.8. The minimum atomic E-state index is -1.01. The molecule has 200 valence electrons. The number of piperidine rings is 1. The van der Waals surface area contributed by atoms with Crippen LogP contribution in [-0.2, 0) is 10.4 Å².